The lowest BCUT2D eigenvalue weighted by atomic mass is 10.2. The summed E-state index contributed by atoms with van der Waals surface area (Å²) < 4.78 is 34.4. The lowest BCUT2D eigenvalue weighted by Gasteiger charge is -2.25. The molecular weight excluding hydrogens is 378 g/mol. The Labute approximate surface area is 161 Å². The molecule has 2 unspecified atom stereocenters. The van der Waals surface area contributed by atoms with Crippen molar-refractivity contribution >= 4 is 34.8 Å². The molecule has 2 aromatic rings. The molecule has 3 heterocycles. The van der Waals surface area contributed by atoms with Crippen LogP contribution >= 0.6 is 11.6 Å². The molecule has 0 saturated carbocycles. The third-order valence-electron chi connectivity index (χ3n) is 4.17. The van der Waals surface area contributed by atoms with Crippen LogP contribution in [0.15, 0.2) is 11.1 Å². The van der Waals surface area contributed by atoms with Crippen LogP contribution in [-0.2, 0) is 4.74 Å². The Hall–Kier alpha value is -2.00. The topological polar surface area (TPSA) is 67.6 Å². The number of aliphatic imine (C=N–C) groups is 1. The van der Waals surface area contributed by atoms with E-state index < -0.39 is 12.7 Å². The molecule has 0 spiro atoms. The number of hydrogen-bond donors (Lipinski definition) is 1. The molecule has 0 amide bonds. The minimum atomic E-state index is -2.75. The molecule has 1 saturated heterocycles. The van der Waals surface area contributed by atoms with Crippen molar-refractivity contribution in [3.8, 4) is 0 Å². The molecular formula is C17H23ClF2N6O. The van der Waals surface area contributed by atoms with E-state index in [2.05, 4.69) is 20.3 Å². The van der Waals surface area contributed by atoms with Gasteiger partial charge < -0.3 is 15.0 Å². The quantitative estimate of drug-likeness (QED) is 0.449. The Balaban J connectivity index is 2.05. The summed E-state index contributed by atoms with van der Waals surface area (Å²) in [6, 6.07) is 1.57. The molecule has 148 valence electrons. The molecule has 3 rings (SSSR count). The molecule has 1 aliphatic rings. The Kier molecular flexibility index (Phi) is 6.11. The van der Waals surface area contributed by atoms with Crippen molar-refractivity contribution < 1.29 is 13.5 Å². The molecule has 0 bridgehead atoms. The number of ether oxygens (including phenoxy) is 1. The maximum Gasteiger partial charge on any atom is 0.295 e. The van der Waals surface area contributed by atoms with Gasteiger partial charge in [-0.3, -0.25) is 9.56 Å². The second-order valence-corrected chi connectivity index (χ2v) is 7.06. The molecule has 27 heavy (non-hydrogen) atoms. The van der Waals surface area contributed by atoms with E-state index in [-0.39, 0.29) is 22.8 Å². The second kappa shape index (κ2) is 8.35. The monoisotopic (exact) mass is 400 g/mol. The number of halogens is 3. The number of aromatic nitrogens is 3. The van der Waals surface area contributed by atoms with Crippen molar-refractivity contribution in [2.24, 2.45) is 4.99 Å². The van der Waals surface area contributed by atoms with Crippen LogP contribution in [0.5, 0.6) is 0 Å². The third-order valence-corrected chi connectivity index (χ3v) is 4.36. The molecule has 0 radical (unpaired) electrons. The van der Waals surface area contributed by atoms with Crippen LogP contribution in [0.3, 0.4) is 0 Å². The van der Waals surface area contributed by atoms with Crippen molar-refractivity contribution in [2.45, 2.75) is 45.0 Å². The summed E-state index contributed by atoms with van der Waals surface area (Å²) in [6.45, 7) is 2.37. The van der Waals surface area contributed by atoms with Gasteiger partial charge in [0.05, 0.1) is 12.0 Å². The molecule has 7 nitrogen and oxygen atoms in total. The van der Waals surface area contributed by atoms with Gasteiger partial charge in [-0.1, -0.05) is 11.6 Å². The summed E-state index contributed by atoms with van der Waals surface area (Å²) in [5.74, 6) is -0.362. The van der Waals surface area contributed by atoms with Crippen LogP contribution in [0.1, 0.15) is 44.7 Å². The molecule has 2 atom stereocenters. The largest absolute Gasteiger partial charge is 0.369 e. The highest BCUT2D eigenvalue weighted by Crippen LogP contribution is 2.35. The summed E-state index contributed by atoms with van der Waals surface area (Å²) >= 11 is 6.17. The van der Waals surface area contributed by atoms with E-state index in [0.29, 0.717) is 24.2 Å². The third kappa shape index (κ3) is 4.47. The number of rotatable bonds is 6. The number of anilines is 1. The van der Waals surface area contributed by atoms with Gasteiger partial charge in [-0.2, -0.15) is 0 Å². The molecule has 0 aromatic carbocycles. The van der Waals surface area contributed by atoms with Crippen LogP contribution < -0.4 is 5.32 Å². The first kappa shape index (κ1) is 19.8. The van der Waals surface area contributed by atoms with E-state index in [4.69, 9.17) is 16.3 Å². The van der Waals surface area contributed by atoms with Crippen molar-refractivity contribution in [3.05, 3.63) is 17.0 Å². The van der Waals surface area contributed by atoms with E-state index in [1.54, 1.807) is 17.3 Å². The van der Waals surface area contributed by atoms with Gasteiger partial charge in [-0.15, -0.1) is 0 Å². The Morgan fingerprint density at radius 2 is 2.19 bits per heavy atom. The fourth-order valence-electron chi connectivity index (χ4n) is 3.02. The number of nitrogens with zero attached hydrogens (tertiary/aromatic N) is 5. The smallest absolute Gasteiger partial charge is 0.295 e. The lowest BCUT2D eigenvalue weighted by molar-refractivity contribution is -0.0363. The van der Waals surface area contributed by atoms with Crippen molar-refractivity contribution in [1.82, 2.24) is 19.4 Å². The van der Waals surface area contributed by atoms with Gasteiger partial charge in [-0.05, 0) is 26.2 Å². The van der Waals surface area contributed by atoms with E-state index in [1.165, 1.54) is 4.57 Å². The van der Waals surface area contributed by atoms with E-state index in [1.807, 2.05) is 21.0 Å². The summed E-state index contributed by atoms with van der Waals surface area (Å²) in [6.07, 6.45) is 0.531. The zero-order valence-electron chi connectivity index (χ0n) is 15.5. The number of alkyl halides is 2. The van der Waals surface area contributed by atoms with E-state index >= 15 is 0 Å². The molecule has 0 aliphatic carbocycles. The Morgan fingerprint density at radius 1 is 1.41 bits per heavy atom. The van der Waals surface area contributed by atoms with Gasteiger partial charge in [0.15, 0.2) is 11.5 Å². The van der Waals surface area contributed by atoms with Gasteiger partial charge in [0.2, 0.25) is 0 Å². The summed E-state index contributed by atoms with van der Waals surface area (Å²) in [5.41, 5.74) is 1.12. The van der Waals surface area contributed by atoms with Gasteiger partial charge in [0, 0.05) is 26.8 Å². The van der Waals surface area contributed by atoms with Crippen LogP contribution in [0.25, 0.3) is 11.2 Å². The normalized spacial score (nSPS) is 19.1. The molecule has 1 N–H and O–H groups in total. The van der Waals surface area contributed by atoms with E-state index in [0.717, 1.165) is 12.8 Å². The van der Waals surface area contributed by atoms with Gasteiger partial charge in [0.25, 0.3) is 6.43 Å². The number of imidazole rings is 1. The minimum absolute atomic E-state index is 0.187. The van der Waals surface area contributed by atoms with Crippen LogP contribution in [-0.4, -0.2) is 52.6 Å². The first-order chi connectivity index (χ1) is 12.9. The predicted octanol–water partition coefficient (Wildman–Crippen LogP) is 4.07. The average Bonchev–Trinajstić information content (AvgIpc) is 3.00. The van der Waals surface area contributed by atoms with Gasteiger partial charge in [-0.25, -0.2) is 18.7 Å². The highest BCUT2D eigenvalue weighted by atomic mass is 35.5. The maximum absolute atomic E-state index is 13.7. The highest BCUT2D eigenvalue weighted by molar-refractivity contribution is 6.30. The molecule has 1 aliphatic heterocycles. The minimum Gasteiger partial charge on any atom is -0.369 e. The van der Waals surface area contributed by atoms with Crippen LogP contribution in [0.2, 0.25) is 5.15 Å². The SMILES string of the molecule is CC(N=CN(C)C)Nc1cc(Cl)nc2c1nc(C(F)F)n2C1CCCCO1. The van der Waals surface area contributed by atoms with Crippen LogP contribution in [0, 0.1) is 0 Å². The first-order valence-electron chi connectivity index (χ1n) is 8.81. The standard InChI is InChI=1S/C17H23ClF2N6O/c1-10(21-9-25(2)3)22-11-8-12(18)23-16-14(11)24-17(15(19)20)26(16)13-6-4-5-7-27-13/h8-10,13,15H,4-7H2,1-3H3,(H,22,23). The van der Waals surface area contributed by atoms with Crippen LogP contribution in [0.4, 0.5) is 14.5 Å². The lowest BCUT2D eigenvalue weighted by Crippen LogP contribution is -2.20. The molecule has 10 heteroatoms. The number of hydrogen-bond acceptors (Lipinski definition) is 5. The summed E-state index contributed by atoms with van der Waals surface area (Å²) in [4.78, 5) is 14.6. The molecule has 2 aromatic heterocycles. The van der Waals surface area contributed by atoms with Crippen molar-refractivity contribution in [3.63, 3.8) is 0 Å². The maximum atomic E-state index is 13.7. The second-order valence-electron chi connectivity index (χ2n) is 6.68. The predicted molar refractivity (Wildman–Crippen MR) is 102 cm³/mol. The average molecular weight is 401 g/mol. The van der Waals surface area contributed by atoms with Crippen molar-refractivity contribution in [2.75, 3.05) is 26.0 Å². The van der Waals surface area contributed by atoms with Gasteiger partial charge in [0.1, 0.15) is 23.1 Å². The number of nitrogens with one attached hydrogen (secondary N) is 1. The number of pyridine rings is 1. The van der Waals surface area contributed by atoms with Gasteiger partial charge >= 0.3 is 0 Å². The summed E-state index contributed by atoms with van der Waals surface area (Å²) in [5, 5.41) is 3.34. The first-order valence-corrected chi connectivity index (χ1v) is 9.19. The fourth-order valence-corrected chi connectivity index (χ4v) is 3.21. The van der Waals surface area contributed by atoms with E-state index in [9.17, 15) is 8.78 Å². The zero-order valence-corrected chi connectivity index (χ0v) is 16.2. The highest BCUT2D eigenvalue weighted by Gasteiger charge is 2.28. The Bertz CT molecular complexity index is 819. The number of fused-ring (bicyclic) bond motifs is 1. The summed E-state index contributed by atoms with van der Waals surface area (Å²) in [7, 11) is 3.72. The fraction of sp³-hybridized carbons (Fsp3) is 0.588. The van der Waals surface area contributed by atoms with Crippen molar-refractivity contribution in [1.29, 1.82) is 0 Å². The Morgan fingerprint density at radius 3 is 2.81 bits per heavy atom. The molecule has 1 fully saturated rings. The zero-order chi connectivity index (χ0) is 19.6.